The molecule has 3 rings (SSSR count). The summed E-state index contributed by atoms with van der Waals surface area (Å²) in [6.45, 7) is 11.4. The third-order valence-corrected chi connectivity index (χ3v) is 4.56. The van der Waals surface area contributed by atoms with Gasteiger partial charge in [-0.05, 0) is 6.07 Å². The molecule has 2 heterocycles. The summed E-state index contributed by atoms with van der Waals surface area (Å²) >= 11 is 0. The first-order chi connectivity index (χ1) is 13.3. The molecule has 1 amide bonds. The van der Waals surface area contributed by atoms with E-state index in [0.29, 0.717) is 28.6 Å². The van der Waals surface area contributed by atoms with Crippen molar-refractivity contribution in [3.8, 4) is 0 Å². The number of nitro benzene ring substituents is 1. The fourth-order valence-corrected chi connectivity index (χ4v) is 2.85. The van der Waals surface area contributed by atoms with Gasteiger partial charge in [-0.2, -0.15) is 0 Å². The number of aryl methyl sites for hydroxylation is 1. The third-order valence-electron chi connectivity index (χ3n) is 4.56. The molecule has 0 aliphatic rings. The smallest absolute Gasteiger partial charge is 0.271 e. The van der Waals surface area contributed by atoms with E-state index in [1.54, 1.807) is 44.5 Å². The van der Waals surface area contributed by atoms with Gasteiger partial charge in [-0.3, -0.25) is 14.9 Å². The molecule has 3 aromatic rings. The number of anilines is 2. The molecule has 9 nitrogen and oxygen atoms in total. The molecule has 0 spiro atoms. The number of rotatable bonds is 3. The highest BCUT2D eigenvalue weighted by molar-refractivity contribution is 6.02. The molecule has 1 aromatic carbocycles. The van der Waals surface area contributed by atoms with Crippen molar-refractivity contribution in [3.05, 3.63) is 40.1 Å². The van der Waals surface area contributed by atoms with E-state index in [9.17, 15) is 14.9 Å². The number of imidazole rings is 1. The summed E-state index contributed by atoms with van der Waals surface area (Å²) in [6.07, 6.45) is 0. The highest BCUT2D eigenvalue weighted by Gasteiger charge is 2.35. The average molecular weight is 399 g/mol. The molecule has 29 heavy (non-hydrogen) atoms. The van der Waals surface area contributed by atoms with Gasteiger partial charge in [0, 0.05) is 36.1 Å². The van der Waals surface area contributed by atoms with Crippen LogP contribution in [0.5, 0.6) is 0 Å². The van der Waals surface area contributed by atoms with Crippen LogP contribution in [-0.2, 0) is 17.3 Å². The summed E-state index contributed by atoms with van der Waals surface area (Å²) in [5, 5.41) is 15.2. The van der Waals surface area contributed by atoms with Crippen LogP contribution in [-0.4, -0.2) is 25.5 Å². The first-order valence-electron chi connectivity index (χ1n) is 9.23. The molecule has 9 heteroatoms. The van der Waals surface area contributed by atoms with Crippen LogP contribution in [0.4, 0.5) is 17.5 Å². The predicted molar refractivity (Wildman–Crippen MR) is 109 cm³/mol. The van der Waals surface area contributed by atoms with Crippen molar-refractivity contribution >= 4 is 34.4 Å². The van der Waals surface area contributed by atoms with E-state index in [0.717, 1.165) is 0 Å². The summed E-state index contributed by atoms with van der Waals surface area (Å²) in [5.41, 5.74) is 0.0201. The zero-order chi connectivity index (χ0) is 21.7. The average Bonchev–Trinajstić information content (AvgIpc) is 3.20. The number of non-ortho nitro benzene ring substituents is 1. The van der Waals surface area contributed by atoms with Crippen LogP contribution in [0.2, 0.25) is 0 Å². The van der Waals surface area contributed by atoms with E-state index >= 15 is 0 Å². The molecule has 0 saturated heterocycles. The van der Waals surface area contributed by atoms with Gasteiger partial charge in [0.1, 0.15) is 5.76 Å². The number of fused-ring (bicyclic) bond motifs is 1. The minimum absolute atomic E-state index is 0.0627. The molecule has 0 saturated carbocycles. The van der Waals surface area contributed by atoms with Crippen molar-refractivity contribution in [2.75, 3.05) is 4.90 Å². The Morgan fingerprint density at radius 1 is 1.17 bits per heavy atom. The monoisotopic (exact) mass is 399 g/mol. The fraction of sp³-hybridized carbons (Fsp3) is 0.450. The molecular formula is C20H25N5O4. The molecular weight excluding hydrogens is 374 g/mol. The number of nitro groups is 1. The Hall–Kier alpha value is -3.23. The number of hydrogen-bond donors (Lipinski definition) is 0. The normalized spacial score (nSPS) is 12.4. The minimum Gasteiger partial charge on any atom is -0.359 e. The molecule has 2 aromatic heterocycles. The minimum atomic E-state index is -0.717. The van der Waals surface area contributed by atoms with E-state index < -0.39 is 10.3 Å². The third kappa shape index (κ3) is 3.72. The Kier molecular flexibility index (Phi) is 4.72. The lowest BCUT2D eigenvalue weighted by Gasteiger charge is -2.26. The van der Waals surface area contributed by atoms with E-state index in [4.69, 9.17) is 4.52 Å². The number of nitrogens with zero attached hydrogens (tertiary/aromatic N) is 5. The zero-order valence-electron chi connectivity index (χ0n) is 17.7. The quantitative estimate of drug-likeness (QED) is 0.475. The molecule has 0 bridgehead atoms. The van der Waals surface area contributed by atoms with Crippen LogP contribution >= 0.6 is 0 Å². The van der Waals surface area contributed by atoms with E-state index in [2.05, 4.69) is 10.1 Å². The molecule has 0 fully saturated rings. The molecule has 0 unspecified atom stereocenters. The number of benzene rings is 1. The molecule has 0 atom stereocenters. The van der Waals surface area contributed by atoms with Gasteiger partial charge < -0.3 is 9.09 Å². The second-order valence-corrected chi connectivity index (χ2v) is 9.09. The number of carbonyl (C=O) groups excluding carboxylic acids is 1. The van der Waals surface area contributed by atoms with Crippen molar-refractivity contribution in [1.29, 1.82) is 0 Å². The van der Waals surface area contributed by atoms with E-state index in [-0.39, 0.29) is 17.0 Å². The van der Waals surface area contributed by atoms with Gasteiger partial charge in [-0.1, -0.05) is 46.7 Å². The van der Waals surface area contributed by atoms with Gasteiger partial charge >= 0.3 is 0 Å². The molecule has 154 valence electrons. The van der Waals surface area contributed by atoms with Crippen molar-refractivity contribution in [1.82, 2.24) is 14.7 Å². The van der Waals surface area contributed by atoms with Crippen molar-refractivity contribution < 1.29 is 14.2 Å². The second kappa shape index (κ2) is 6.68. The second-order valence-electron chi connectivity index (χ2n) is 9.09. The zero-order valence-corrected chi connectivity index (χ0v) is 17.7. The highest BCUT2D eigenvalue weighted by atomic mass is 16.6. The summed E-state index contributed by atoms with van der Waals surface area (Å²) in [5.74, 6) is 1.05. The van der Waals surface area contributed by atoms with Crippen LogP contribution in [0.15, 0.2) is 28.8 Å². The highest BCUT2D eigenvalue weighted by Crippen LogP contribution is 2.35. The maximum atomic E-state index is 13.3. The summed E-state index contributed by atoms with van der Waals surface area (Å²) in [4.78, 5) is 29.9. The Bertz CT molecular complexity index is 1100. The van der Waals surface area contributed by atoms with E-state index in [1.807, 2.05) is 20.8 Å². The van der Waals surface area contributed by atoms with Crippen LogP contribution in [0.25, 0.3) is 11.0 Å². The van der Waals surface area contributed by atoms with Gasteiger partial charge in [-0.25, -0.2) is 9.88 Å². The van der Waals surface area contributed by atoms with Crippen molar-refractivity contribution in [3.63, 3.8) is 0 Å². The molecule has 0 aliphatic heterocycles. The Morgan fingerprint density at radius 3 is 2.34 bits per heavy atom. The number of amides is 1. The van der Waals surface area contributed by atoms with Gasteiger partial charge in [0.2, 0.25) is 11.9 Å². The van der Waals surface area contributed by atoms with Crippen LogP contribution in [0.3, 0.4) is 0 Å². The first-order valence-corrected chi connectivity index (χ1v) is 9.23. The van der Waals surface area contributed by atoms with E-state index in [1.165, 1.54) is 17.0 Å². The van der Waals surface area contributed by atoms with Crippen LogP contribution in [0, 0.1) is 15.5 Å². The number of aromatic nitrogens is 3. The lowest BCUT2D eigenvalue weighted by Crippen LogP contribution is -2.37. The summed E-state index contributed by atoms with van der Waals surface area (Å²) < 4.78 is 7.21. The fourth-order valence-electron chi connectivity index (χ4n) is 2.85. The number of hydrogen-bond acceptors (Lipinski definition) is 6. The Balaban J connectivity index is 2.21. The van der Waals surface area contributed by atoms with Gasteiger partial charge in [0.05, 0.1) is 16.0 Å². The van der Waals surface area contributed by atoms with Crippen molar-refractivity contribution in [2.24, 2.45) is 12.5 Å². The lowest BCUT2D eigenvalue weighted by atomic mass is 9.93. The SMILES string of the molecule is Cn1c(N(C(=O)C(C)(C)C)c2cc(C(C)(C)C)on2)nc2cc([N+](=O)[O-])ccc21. The van der Waals surface area contributed by atoms with Gasteiger partial charge in [0.15, 0.2) is 5.82 Å². The summed E-state index contributed by atoms with van der Waals surface area (Å²) in [6, 6.07) is 6.15. The van der Waals surface area contributed by atoms with Crippen LogP contribution < -0.4 is 4.90 Å². The molecule has 0 radical (unpaired) electrons. The van der Waals surface area contributed by atoms with Gasteiger partial charge in [0.25, 0.3) is 5.69 Å². The molecule has 0 aliphatic carbocycles. The lowest BCUT2D eigenvalue weighted by molar-refractivity contribution is -0.384. The Morgan fingerprint density at radius 2 is 1.83 bits per heavy atom. The standard InChI is InChI=1S/C20H25N5O4/c1-19(2,3)15-11-16(22-29-15)24(17(26)20(4,5)6)18-21-13-10-12(25(27)28)8-9-14(13)23(18)7/h8-11H,1-7H3. The largest absolute Gasteiger partial charge is 0.359 e. The molecule has 0 N–H and O–H groups in total. The number of carbonyl (C=O) groups is 1. The Labute approximate surface area is 168 Å². The maximum absolute atomic E-state index is 13.3. The summed E-state index contributed by atoms with van der Waals surface area (Å²) in [7, 11) is 1.75. The van der Waals surface area contributed by atoms with Gasteiger partial charge in [-0.15, -0.1) is 0 Å². The maximum Gasteiger partial charge on any atom is 0.271 e. The predicted octanol–water partition coefficient (Wildman–Crippen LogP) is 4.48. The first kappa shape index (κ1) is 20.5. The van der Waals surface area contributed by atoms with Crippen molar-refractivity contribution in [2.45, 2.75) is 47.0 Å². The van der Waals surface area contributed by atoms with Crippen LogP contribution in [0.1, 0.15) is 47.3 Å². The topological polar surface area (TPSA) is 107 Å².